The molecule has 11 heteroatoms. The van der Waals surface area contributed by atoms with Gasteiger partial charge in [0.15, 0.2) is 6.29 Å². The van der Waals surface area contributed by atoms with Gasteiger partial charge >= 0.3 is 0 Å². The Kier molecular flexibility index (Phi) is 41.6. The first-order valence-corrected chi connectivity index (χ1v) is 27.2. The van der Waals surface area contributed by atoms with Gasteiger partial charge in [0.2, 0.25) is 5.91 Å². The summed E-state index contributed by atoms with van der Waals surface area (Å²) < 4.78 is 11.1. The molecule has 0 spiro atoms. The summed E-state index contributed by atoms with van der Waals surface area (Å²) >= 11 is 0. The topological polar surface area (TPSA) is 189 Å². The highest BCUT2D eigenvalue weighted by Gasteiger charge is 2.44. The molecule has 1 aliphatic heterocycles. The molecule has 0 saturated carbocycles. The number of amides is 1. The van der Waals surface area contributed by atoms with E-state index in [1.165, 1.54) is 148 Å². The summed E-state index contributed by atoms with van der Waals surface area (Å²) in [6, 6.07) is -1.19. The molecule has 65 heavy (non-hydrogen) atoms. The summed E-state index contributed by atoms with van der Waals surface area (Å²) in [6.45, 7) is 3.45. The van der Waals surface area contributed by atoms with E-state index in [9.17, 15) is 40.5 Å². The number of unbranched alkanes of at least 4 members (excludes halogenated alkanes) is 30. The number of ether oxygens (including phenoxy) is 2. The average Bonchev–Trinajstić information content (AvgIpc) is 3.31. The first-order valence-electron chi connectivity index (χ1n) is 27.2. The van der Waals surface area contributed by atoms with Crippen LogP contribution in [0.2, 0.25) is 0 Å². The fourth-order valence-corrected chi connectivity index (χ4v) is 8.73. The van der Waals surface area contributed by atoms with Gasteiger partial charge in [-0.25, -0.2) is 0 Å². The number of allylic oxidation sites excluding steroid dienone is 4. The van der Waals surface area contributed by atoms with E-state index in [4.69, 9.17) is 9.47 Å². The molecule has 1 amide bonds. The summed E-state index contributed by atoms with van der Waals surface area (Å²) in [5, 5.41) is 76.0. The lowest BCUT2D eigenvalue weighted by atomic mass is 9.98. The number of aliphatic hydroxyl groups is 7. The Hall–Kier alpha value is -1.41. The Labute approximate surface area is 397 Å². The molecule has 9 atom stereocenters. The molecule has 1 saturated heterocycles. The third-order valence-electron chi connectivity index (χ3n) is 13.2. The molecule has 1 fully saturated rings. The van der Waals surface area contributed by atoms with Crippen LogP contribution < -0.4 is 5.32 Å². The smallest absolute Gasteiger partial charge is 0.249 e. The molecular formula is C54H103NO10. The zero-order chi connectivity index (χ0) is 47.6. The van der Waals surface area contributed by atoms with Crippen molar-refractivity contribution in [2.24, 2.45) is 0 Å². The van der Waals surface area contributed by atoms with E-state index in [1.54, 1.807) is 0 Å². The van der Waals surface area contributed by atoms with Gasteiger partial charge in [-0.05, 0) is 64.2 Å². The fourth-order valence-electron chi connectivity index (χ4n) is 8.73. The van der Waals surface area contributed by atoms with E-state index in [2.05, 4.69) is 43.5 Å². The molecule has 384 valence electrons. The first-order chi connectivity index (χ1) is 31.7. The Morgan fingerprint density at radius 3 is 1.32 bits per heavy atom. The van der Waals surface area contributed by atoms with Crippen molar-refractivity contribution in [2.75, 3.05) is 13.2 Å². The largest absolute Gasteiger partial charge is 0.394 e. The maximum Gasteiger partial charge on any atom is 0.249 e. The third-order valence-corrected chi connectivity index (χ3v) is 13.2. The Morgan fingerprint density at radius 1 is 0.523 bits per heavy atom. The monoisotopic (exact) mass is 926 g/mol. The number of carbonyl (C=O) groups excluding carboxylic acids is 1. The summed E-state index contributed by atoms with van der Waals surface area (Å²) in [5.74, 6) is -0.709. The van der Waals surface area contributed by atoms with Crippen LogP contribution in [-0.2, 0) is 14.3 Å². The van der Waals surface area contributed by atoms with E-state index in [1.807, 2.05) is 0 Å². The van der Waals surface area contributed by atoms with Gasteiger partial charge in [-0.1, -0.05) is 205 Å². The van der Waals surface area contributed by atoms with Crippen molar-refractivity contribution < 1.29 is 50.0 Å². The summed E-state index contributed by atoms with van der Waals surface area (Å²) in [4.78, 5) is 13.1. The van der Waals surface area contributed by atoms with Gasteiger partial charge in [0.1, 0.15) is 36.6 Å². The minimum atomic E-state index is -1.67. The van der Waals surface area contributed by atoms with Gasteiger partial charge in [0.25, 0.3) is 0 Å². The Bertz CT molecular complexity index is 1110. The highest BCUT2D eigenvalue weighted by Crippen LogP contribution is 2.23. The maximum absolute atomic E-state index is 13.1. The van der Waals surface area contributed by atoms with Crippen LogP contribution >= 0.6 is 0 Å². The summed E-state index contributed by atoms with van der Waals surface area (Å²) in [6.07, 6.45) is 39.4. The Balaban J connectivity index is 2.38. The second kappa shape index (κ2) is 43.8. The molecule has 8 N–H and O–H groups in total. The highest BCUT2D eigenvalue weighted by molar-refractivity contribution is 5.80. The molecule has 11 nitrogen and oxygen atoms in total. The third kappa shape index (κ3) is 32.9. The molecule has 0 aliphatic carbocycles. The van der Waals surface area contributed by atoms with Crippen molar-refractivity contribution in [1.29, 1.82) is 0 Å². The second-order valence-electron chi connectivity index (χ2n) is 19.3. The molecular weight excluding hydrogens is 823 g/mol. The van der Waals surface area contributed by atoms with Gasteiger partial charge in [0, 0.05) is 0 Å². The van der Waals surface area contributed by atoms with Crippen LogP contribution in [0.5, 0.6) is 0 Å². The number of hydrogen-bond donors (Lipinski definition) is 8. The van der Waals surface area contributed by atoms with Gasteiger partial charge in [-0.2, -0.15) is 0 Å². The second-order valence-corrected chi connectivity index (χ2v) is 19.3. The first kappa shape index (κ1) is 61.6. The molecule has 0 bridgehead atoms. The quantitative estimate of drug-likeness (QED) is 0.0216. The van der Waals surface area contributed by atoms with Gasteiger partial charge in [-0.15, -0.1) is 0 Å². The number of rotatable bonds is 46. The highest BCUT2D eigenvalue weighted by atomic mass is 16.7. The lowest BCUT2D eigenvalue weighted by molar-refractivity contribution is -0.303. The lowest BCUT2D eigenvalue weighted by Crippen LogP contribution is -2.60. The minimum absolute atomic E-state index is 0.248. The molecule has 0 aromatic rings. The zero-order valence-corrected chi connectivity index (χ0v) is 41.7. The minimum Gasteiger partial charge on any atom is -0.394 e. The van der Waals surface area contributed by atoms with Crippen molar-refractivity contribution in [3.05, 3.63) is 24.3 Å². The normalized spacial score (nSPS) is 21.0. The molecule has 9 unspecified atom stereocenters. The molecule has 0 aromatic carbocycles. The van der Waals surface area contributed by atoms with E-state index in [0.717, 1.165) is 57.8 Å². The maximum atomic E-state index is 13.1. The number of nitrogens with one attached hydrogen (secondary N) is 1. The van der Waals surface area contributed by atoms with Crippen LogP contribution in [-0.4, -0.2) is 110 Å². The predicted molar refractivity (Wildman–Crippen MR) is 266 cm³/mol. The van der Waals surface area contributed by atoms with Crippen LogP contribution in [0.25, 0.3) is 0 Å². The standard InChI is InChI=1S/C54H103NO10/c1-3-5-7-9-11-13-15-17-19-21-23-24-26-27-29-31-33-35-37-39-41-46(57)49(59)45(44-64-54-52(62)51(61)50(60)48(43-56)65-54)55-53(63)47(58)42-40-38-36-34-32-30-28-25-22-20-18-16-14-12-10-8-6-4-2/h22,25,33,35,45-52,54,56-62H,3-21,23-24,26-32,34,36-44H2,1-2H3,(H,55,63)/b25-22-,35-33+. The Morgan fingerprint density at radius 2 is 0.908 bits per heavy atom. The van der Waals surface area contributed by atoms with E-state index in [0.29, 0.717) is 12.8 Å². The van der Waals surface area contributed by atoms with Crippen LogP contribution in [0.1, 0.15) is 245 Å². The fraction of sp³-hybridized carbons (Fsp3) is 0.907. The van der Waals surface area contributed by atoms with E-state index in [-0.39, 0.29) is 12.8 Å². The number of carbonyl (C=O) groups is 1. The zero-order valence-electron chi connectivity index (χ0n) is 41.7. The predicted octanol–water partition coefficient (Wildman–Crippen LogP) is 10.6. The van der Waals surface area contributed by atoms with Crippen LogP contribution in [0, 0.1) is 0 Å². The number of aliphatic hydroxyl groups excluding tert-OH is 7. The van der Waals surface area contributed by atoms with E-state index < -0.39 is 74.2 Å². The summed E-state index contributed by atoms with van der Waals surface area (Å²) in [5.41, 5.74) is 0. The van der Waals surface area contributed by atoms with Crippen LogP contribution in [0.4, 0.5) is 0 Å². The van der Waals surface area contributed by atoms with Crippen molar-refractivity contribution in [2.45, 2.75) is 300 Å². The van der Waals surface area contributed by atoms with E-state index >= 15 is 0 Å². The molecule has 1 heterocycles. The molecule has 0 radical (unpaired) electrons. The SMILES string of the molecule is CCCCCCCCCC/C=C\CCCCCCCCC(O)C(=O)NC(COC1OC(CO)C(O)C(O)C1O)C(O)C(O)CCC/C=C/CCCCCCCCCCCCCCCCC. The van der Waals surface area contributed by atoms with Crippen LogP contribution in [0.15, 0.2) is 24.3 Å². The van der Waals surface area contributed by atoms with Gasteiger partial charge in [-0.3, -0.25) is 4.79 Å². The molecule has 0 aromatic heterocycles. The average molecular weight is 926 g/mol. The van der Waals surface area contributed by atoms with Crippen LogP contribution in [0.3, 0.4) is 0 Å². The summed E-state index contributed by atoms with van der Waals surface area (Å²) in [7, 11) is 0. The lowest BCUT2D eigenvalue weighted by Gasteiger charge is -2.40. The molecule has 1 rings (SSSR count). The number of hydrogen-bond acceptors (Lipinski definition) is 10. The van der Waals surface area contributed by atoms with Gasteiger partial charge in [0.05, 0.1) is 25.4 Å². The molecule has 1 aliphatic rings. The van der Waals surface area contributed by atoms with Gasteiger partial charge < -0.3 is 50.5 Å². The van der Waals surface area contributed by atoms with Crippen molar-refractivity contribution in [3.8, 4) is 0 Å². The van der Waals surface area contributed by atoms with Crippen molar-refractivity contribution in [3.63, 3.8) is 0 Å². The van der Waals surface area contributed by atoms with Crippen molar-refractivity contribution in [1.82, 2.24) is 5.32 Å². The van der Waals surface area contributed by atoms with Crippen molar-refractivity contribution >= 4 is 5.91 Å².